The zero-order chi connectivity index (χ0) is 45.8. The van der Waals surface area contributed by atoms with Crippen LogP contribution in [0.15, 0.2) is 36.5 Å². The molecule has 0 aromatic rings. The molecule has 2 unspecified atom stereocenters. The molecular weight excluding hydrogens is 779 g/mol. The second-order valence-corrected chi connectivity index (χ2v) is 18.9. The van der Waals surface area contributed by atoms with Crippen LogP contribution in [0.4, 0.5) is 0 Å². The van der Waals surface area contributed by atoms with Gasteiger partial charge in [0.05, 0.1) is 25.4 Å². The molecular formula is C57H107NO5. The maximum absolute atomic E-state index is 12.5. The fraction of sp³-hybridized carbons (Fsp3) is 0.860. The van der Waals surface area contributed by atoms with E-state index in [9.17, 15) is 19.8 Å². The first-order valence-corrected chi connectivity index (χ1v) is 27.7. The molecule has 0 heterocycles. The third kappa shape index (κ3) is 49.4. The van der Waals surface area contributed by atoms with Crippen LogP contribution in [0.2, 0.25) is 0 Å². The Morgan fingerprint density at radius 1 is 0.444 bits per heavy atom. The topological polar surface area (TPSA) is 95.9 Å². The Hall–Kier alpha value is -1.92. The van der Waals surface area contributed by atoms with Crippen LogP contribution in [-0.2, 0) is 14.3 Å². The number of amides is 1. The van der Waals surface area contributed by atoms with Crippen molar-refractivity contribution in [3.63, 3.8) is 0 Å². The Labute approximate surface area is 392 Å². The summed E-state index contributed by atoms with van der Waals surface area (Å²) in [5.74, 6) is -0.0566. The van der Waals surface area contributed by atoms with Gasteiger partial charge in [0.1, 0.15) is 0 Å². The van der Waals surface area contributed by atoms with Gasteiger partial charge in [-0.2, -0.15) is 0 Å². The molecule has 0 aliphatic rings. The maximum atomic E-state index is 12.5. The first kappa shape index (κ1) is 61.1. The summed E-state index contributed by atoms with van der Waals surface area (Å²) < 4.78 is 5.45. The minimum Gasteiger partial charge on any atom is -0.466 e. The van der Waals surface area contributed by atoms with Gasteiger partial charge >= 0.3 is 5.97 Å². The van der Waals surface area contributed by atoms with Gasteiger partial charge in [-0.3, -0.25) is 9.59 Å². The molecule has 3 N–H and O–H groups in total. The highest BCUT2D eigenvalue weighted by Crippen LogP contribution is 2.16. The fourth-order valence-electron chi connectivity index (χ4n) is 8.38. The number of aliphatic hydroxyl groups excluding tert-OH is 2. The summed E-state index contributed by atoms with van der Waals surface area (Å²) in [7, 11) is 0. The summed E-state index contributed by atoms with van der Waals surface area (Å²) in [6.07, 6.45) is 64.1. The molecule has 0 aliphatic heterocycles. The number of aliphatic hydroxyl groups is 2. The highest BCUT2D eigenvalue weighted by atomic mass is 16.5. The van der Waals surface area contributed by atoms with E-state index in [1.54, 1.807) is 0 Å². The Balaban J connectivity index is 3.45. The molecule has 0 radical (unpaired) electrons. The number of hydrogen-bond acceptors (Lipinski definition) is 5. The van der Waals surface area contributed by atoms with Crippen molar-refractivity contribution < 1.29 is 24.5 Å². The number of rotatable bonds is 51. The van der Waals surface area contributed by atoms with E-state index in [0.29, 0.717) is 25.9 Å². The van der Waals surface area contributed by atoms with Crippen molar-refractivity contribution in [1.29, 1.82) is 0 Å². The molecule has 0 aromatic heterocycles. The van der Waals surface area contributed by atoms with Gasteiger partial charge < -0.3 is 20.3 Å². The van der Waals surface area contributed by atoms with Crippen LogP contribution in [0.1, 0.15) is 290 Å². The number of allylic oxidation sites excluding steroid dienone is 6. The van der Waals surface area contributed by atoms with E-state index in [0.717, 1.165) is 57.8 Å². The lowest BCUT2D eigenvalue weighted by atomic mass is 10.0. The summed E-state index contributed by atoms with van der Waals surface area (Å²) in [6.45, 7) is 4.87. The Kier molecular flexibility index (Phi) is 51.1. The quantitative estimate of drug-likeness (QED) is 0.0321. The van der Waals surface area contributed by atoms with Crippen LogP contribution in [0.5, 0.6) is 0 Å². The number of ether oxygens (including phenoxy) is 1. The lowest BCUT2D eigenvalue weighted by Crippen LogP contribution is -2.45. The van der Waals surface area contributed by atoms with Gasteiger partial charge in [0, 0.05) is 12.8 Å². The van der Waals surface area contributed by atoms with E-state index in [1.807, 2.05) is 0 Å². The van der Waals surface area contributed by atoms with Crippen LogP contribution >= 0.6 is 0 Å². The SMILES string of the molecule is CCC/C=C\C/C=C\CCCCCCCC(=O)OCCCCCCCCCC/C=C\CCCCCCCCCC(=O)NC(CO)C(O)CCCCCCCCCCCCCCCC. The molecule has 6 nitrogen and oxygen atoms in total. The Morgan fingerprint density at radius 2 is 0.825 bits per heavy atom. The number of hydrogen-bond donors (Lipinski definition) is 3. The van der Waals surface area contributed by atoms with Gasteiger partial charge in [-0.1, -0.05) is 237 Å². The van der Waals surface area contributed by atoms with Crippen molar-refractivity contribution in [1.82, 2.24) is 5.32 Å². The minimum absolute atomic E-state index is 0.0117. The Bertz CT molecular complexity index is 1020. The van der Waals surface area contributed by atoms with Crippen molar-refractivity contribution in [2.24, 2.45) is 0 Å². The highest BCUT2D eigenvalue weighted by Gasteiger charge is 2.20. The second-order valence-electron chi connectivity index (χ2n) is 18.9. The monoisotopic (exact) mass is 886 g/mol. The van der Waals surface area contributed by atoms with E-state index in [1.165, 1.54) is 199 Å². The lowest BCUT2D eigenvalue weighted by Gasteiger charge is -2.22. The first-order chi connectivity index (χ1) is 31.0. The number of esters is 1. The van der Waals surface area contributed by atoms with E-state index < -0.39 is 12.1 Å². The molecule has 370 valence electrons. The van der Waals surface area contributed by atoms with Crippen molar-refractivity contribution >= 4 is 11.9 Å². The van der Waals surface area contributed by atoms with Crippen molar-refractivity contribution in [3.05, 3.63) is 36.5 Å². The number of nitrogens with one attached hydrogen (secondary N) is 1. The molecule has 0 fully saturated rings. The van der Waals surface area contributed by atoms with E-state index >= 15 is 0 Å². The molecule has 2 atom stereocenters. The van der Waals surface area contributed by atoms with E-state index in [2.05, 4.69) is 55.6 Å². The van der Waals surface area contributed by atoms with Crippen LogP contribution in [0.3, 0.4) is 0 Å². The van der Waals surface area contributed by atoms with Crippen molar-refractivity contribution in [3.8, 4) is 0 Å². The Morgan fingerprint density at radius 3 is 1.29 bits per heavy atom. The summed E-state index contributed by atoms with van der Waals surface area (Å²) in [5, 5.41) is 23.2. The zero-order valence-electron chi connectivity index (χ0n) is 42.1. The third-order valence-corrected chi connectivity index (χ3v) is 12.6. The average Bonchev–Trinajstić information content (AvgIpc) is 3.28. The summed E-state index contributed by atoms with van der Waals surface area (Å²) in [4.78, 5) is 24.5. The molecule has 0 bridgehead atoms. The standard InChI is InChI=1S/C57H107NO5/c1-3-5-7-9-11-13-15-17-26-29-33-37-41-45-49-55(60)54(53-59)58-56(61)50-46-42-38-34-30-27-23-21-19-18-20-22-24-28-32-36-40-44-48-52-63-57(62)51-47-43-39-35-31-25-16-14-12-10-8-6-4-2/h8,10,14,16,18-19,54-55,59-60H,3-7,9,11-13,15,17,20-53H2,1-2H3,(H,58,61)/b10-8-,16-14-,19-18-. The van der Waals surface area contributed by atoms with Gasteiger partial charge in [0.25, 0.3) is 0 Å². The molecule has 0 saturated heterocycles. The molecule has 1 amide bonds. The smallest absolute Gasteiger partial charge is 0.305 e. The van der Waals surface area contributed by atoms with E-state index in [-0.39, 0.29) is 18.5 Å². The molecule has 0 rings (SSSR count). The lowest BCUT2D eigenvalue weighted by molar-refractivity contribution is -0.143. The molecule has 0 saturated carbocycles. The van der Waals surface area contributed by atoms with E-state index in [4.69, 9.17) is 4.74 Å². The van der Waals surface area contributed by atoms with Crippen LogP contribution < -0.4 is 5.32 Å². The van der Waals surface area contributed by atoms with Gasteiger partial charge in [-0.05, 0) is 77.0 Å². The molecule has 0 aromatic carbocycles. The summed E-state index contributed by atoms with van der Waals surface area (Å²) in [6, 6.07) is -0.548. The predicted octanol–water partition coefficient (Wildman–Crippen LogP) is 16.9. The molecule has 0 spiro atoms. The van der Waals surface area contributed by atoms with Crippen molar-refractivity contribution in [2.75, 3.05) is 13.2 Å². The number of unbranched alkanes of at least 4 members (excludes halogenated alkanes) is 34. The number of carbonyl (C=O) groups excluding carboxylic acids is 2. The van der Waals surface area contributed by atoms with Crippen LogP contribution in [0, 0.1) is 0 Å². The molecule has 63 heavy (non-hydrogen) atoms. The summed E-state index contributed by atoms with van der Waals surface area (Å²) >= 11 is 0. The van der Waals surface area contributed by atoms with Gasteiger partial charge in [0.15, 0.2) is 0 Å². The van der Waals surface area contributed by atoms with Gasteiger partial charge in [-0.25, -0.2) is 0 Å². The van der Waals surface area contributed by atoms with Crippen LogP contribution in [-0.4, -0.2) is 47.4 Å². The number of carbonyl (C=O) groups is 2. The predicted molar refractivity (Wildman–Crippen MR) is 273 cm³/mol. The molecule has 6 heteroatoms. The maximum Gasteiger partial charge on any atom is 0.305 e. The zero-order valence-corrected chi connectivity index (χ0v) is 42.1. The average molecular weight is 886 g/mol. The minimum atomic E-state index is -0.670. The largest absolute Gasteiger partial charge is 0.466 e. The fourth-order valence-corrected chi connectivity index (χ4v) is 8.38. The van der Waals surface area contributed by atoms with Gasteiger partial charge in [0.2, 0.25) is 5.91 Å². The van der Waals surface area contributed by atoms with Crippen LogP contribution in [0.25, 0.3) is 0 Å². The van der Waals surface area contributed by atoms with Gasteiger partial charge in [-0.15, -0.1) is 0 Å². The second kappa shape index (κ2) is 52.7. The highest BCUT2D eigenvalue weighted by molar-refractivity contribution is 5.76. The summed E-state index contributed by atoms with van der Waals surface area (Å²) in [5.41, 5.74) is 0. The normalized spacial score (nSPS) is 12.9. The molecule has 0 aliphatic carbocycles. The first-order valence-electron chi connectivity index (χ1n) is 27.7. The third-order valence-electron chi connectivity index (χ3n) is 12.6. The van der Waals surface area contributed by atoms with Crippen molar-refractivity contribution in [2.45, 2.75) is 302 Å².